The van der Waals surface area contributed by atoms with Crippen molar-refractivity contribution in [2.75, 3.05) is 0 Å². The first kappa shape index (κ1) is 20.7. The molecule has 0 spiro atoms. The van der Waals surface area contributed by atoms with Gasteiger partial charge in [0.2, 0.25) is 0 Å². The van der Waals surface area contributed by atoms with Crippen LogP contribution in [0.1, 0.15) is 45.7 Å². The SMILES string of the molecule is CCCC(C)CC.Cc1ncnc2c1nc(-c1ccccc1)n2-c1ccccc1. The Bertz CT molecular complexity index is 1020. The maximum atomic E-state index is 4.80. The number of hydrogen-bond donors (Lipinski definition) is 0. The van der Waals surface area contributed by atoms with E-state index in [9.17, 15) is 0 Å². The molecule has 0 fully saturated rings. The second kappa shape index (κ2) is 9.97. The fraction of sp³-hybridized carbons (Fsp3) is 0.320. The van der Waals surface area contributed by atoms with Crippen LogP contribution in [0.4, 0.5) is 0 Å². The molecule has 0 aliphatic carbocycles. The lowest BCUT2D eigenvalue weighted by Crippen LogP contribution is -1.98. The highest BCUT2D eigenvalue weighted by molar-refractivity contribution is 5.81. The highest BCUT2D eigenvalue weighted by Crippen LogP contribution is 2.27. The van der Waals surface area contributed by atoms with Crippen molar-refractivity contribution in [1.82, 2.24) is 19.5 Å². The van der Waals surface area contributed by atoms with Crippen molar-refractivity contribution < 1.29 is 0 Å². The summed E-state index contributed by atoms with van der Waals surface area (Å²) in [5.74, 6) is 1.83. The fourth-order valence-electron chi connectivity index (χ4n) is 3.30. The van der Waals surface area contributed by atoms with Gasteiger partial charge in [0.25, 0.3) is 0 Å². The van der Waals surface area contributed by atoms with Crippen molar-refractivity contribution in [3.63, 3.8) is 0 Å². The van der Waals surface area contributed by atoms with E-state index in [0.29, 0.717) is 0 Å². The van der Waals surface area contributed by atoms with Crippen molar-refractivity contribution in [3.8, 4) is 17.1 Å². The molecule has 4 nitrogen and oxygen atoms in total. The molecule has 0 aliphatic rings. The third-order valence-electron chi connectivity index (χ3n) is 5.15. The van der Waals surface area contributed by atoms with E-state index in [1.165, 1.54) is 19.3 Å². The minimum absolute atomic E-state index is 0.831. The average molecular weight is 387 g/mol. The first-order valence-electron chi connectivity index (χ1n) is 10.5. The molecule has 0 radical (unpaired) electrons. The largest absolute Gasteiger partial charge is 0.277 e. The van der Waals surface area contributed by atoms with Crippen molar-refractivity contribution >= 4 is 11.2 Å². The van der Waals surface area contributed by atoms with E-state index in [0.717, 1.165) is 39.9 Å². The van der Waals surface area contributed by atoms with E-state index in [-0.39, 0.29) is 0 Å². The van der Waals surface area contributed by atoms with Crippen molar-refractivity contribution in [2.45, 2.75) is 47.0 Å². The van der Waals surface area contributed by atoms with E-state index in [1.807, 2.05) is 43.3 Å². The molecule has 0 bridgehead atoms. The minimum atomic E-state index is 0.831. The van der Waals surface area contributed by atoms with E-state index in [4.69, 9.17) is 4.98 Å². The molecule has 4 heteroatoms. The molecule has 0 amide bonds. The number of fused-ring (bicyclic) bond motifs is 1. The molecule has 4 rings (SSSR count). The molecular formula is C25H30N4. The van der Waals surface area contributed by atoms with Crippen LogP contribution in [-0.4, -0.2) is 19.5 Å². The lowest BCUT2D eigenvalue weighted by Gasteiger charge is -2.08. The van der Waals surface area contributed by atoms with Gasteiger partial charge in [0.15, 0.2) is 5.65 Å². The molecule has 0 saturated heterocycles. The van der Waals surface area contributed by atoms with Crippen LogP contribution in [0.25, 0.3) is 28.2 Å². The number of aryl methyl sites for hydroxylation is 1. The Kier molecular flexibility index (Phi) is 7.12. The summed E-state index contributed by atoms with van der Waals surface area (Å²) in [6, 6.07) is 20.3. The highest BCUT2D eigenvalue weighted by Gasteiger charge is 2.16. The molecule has 2 heterocycles. The van der Waals surface area contributed by atoms with Crippen LogP contribution < -0.4 is 0 Å². The van der Waals surface area contributed by atoms with Crippen LogP contribution in [0.3, 0.4) is 0 Å². The molecule has 0 N–H and O–H groups in total. The van der Waals surface area contributed by atoms with Crippen LogP contribution in [0, 0.1) is 12.8 Å². The first-order chi connectivity index (χ1) is 14.2. The van der Waals surface area contributed by atoms with Gasteiger partial charge in [-0.2, -0.15) is 0 Å². The summed E-state index contributed by atoms with van der Waals surface area (Å²) in [5, 5.41) is 0. The molecule has 1 unspecified atom stereocenters. The maximum Gasteiger partial charge on any atom is 0.168 e. The molecule has 150 valence electrons. The van der Waals surface area contributed by atoms with Crippen molar-refractivity contribution in [1.29, 1.82) is 0 Å². The summed E-state index contributed by atoms with van der Waals surface area (Å²) in [6.07, 6.45) is 5.67. The average Bonchev–Trinajstić information content (AvgIpc) is 3.16. The molecule has 0 aliphatic heterocycles. The van der Waals surface area contributed by atoms with E-state index < -0.39 is 0 Å². The number of hydrogen-bond acceptors (Lipinski definition) is 3. The quantitative estimate of drug-likeness (QED) is 0.387. The van der Waals surface area contributed by atoms with Crippen molar-refractivity contribution in [3.05, 3.63) is 72.7 Å². The van der Waals surface area contributed by atoms with Gasteiger partial charge >= 0.3 is 0 Å². The second-order valence-electron chi connectivity index (χ2n) is 7.41. The molecule has 1 atom stereocenters. The van der Waals surface area contributed by atoms with E-state index >= 15 is 0 Å². The normalized spacial score (nSPS) is 11.7. The zero-order valence-corrected chi connectivity index (χ0v) is 17.8. The summed E-state index contributed by atoms with van der Waals surface area (Å²) < 4.78 is 2.08. The van der Waals surface area contributed by atoms with Gasteiger partial charge in [0, 0.05) is 11.3 Å². The summed E-state index contributed by atoms with van der Waals surface area (Å²) in [5.41, 5.74) is 4.66. The second-order valence-corrected chi connectivity index (χ2v) is 7.41. The Hall–Kier alpha value is -3.01. The van der Waals surface area contributed by atoms with Gasteiger partial charge in [-0.3, -0.25) is 4.57 Å². The van der Waals surface area contributed by atoms with Crippen LogP contribution in [0.5, 0.6) is 0 Å². The smallest absolute Gasteiger partial charge is 0.168 e. The molecule has 4 aromatic rings. The van der Waals surface area contributed by atoms with Gasteiger partial charge < -0.3 is 0 Å². The lowest BCUT2D eigenvalue weighted by molar-refractivity contribution is 0.509. The van der Waals surface area contributed by atoms with E-state index in [2.05, 4.69) is 59.6 Å². The van der Waals surface area contributed by atoms with Gasteiger partial charge in [-0.15, -0.1) is 0 Å². The van der Waals surface area contributed by atoms with Gasteiger partial charge in [-0.25, -0.2) is 15.0 Å². The molecule has 29 heavy (non-hydrogen) atoms. The van der Waals surface area contributed by atoms with Gasteiger partial charge in [-0.05, 0) is 25.0 Å². The summed E-state index contributed by atoms with van der Waals surface area (Å²) >= 11 is 0. The third-order valence-corrected chi connectivity index (χ3v) is 5.15. The van der Waals surface area contributed by atoms with Crippen LogP contribution in [-0.2, 0) is 0 Å². The monoisotopic (exact) mass is 386 g/mol. The standard InChI is InChI=1S/C18H14N4.C7H16/c1-13-16-18(20-12-19-13)22(15-10-6-3-7-11-15)17(21-16)14-8-4-2-5-9-14;1-4-6-7(3)5-2/h2-12H,1H3;7H,4-6H2,1-3H3. The number of para-hydroxylation sites is 1. The molecular weight excluding hydrogens is 356 g/mol. The Labute approximate surface area is 173 Å². The molecule has 2 aromatic carbocycles. The minimum Gasteiger partial charge on any atom is -0.277 e. The third kappa shape index (κ3) is 4.89. The topological polar surface area (TPSA) is 43.6 Å². The van der Waals surface area contributed by atoms with Gasteiger partial charge in [0.1, 0.15) is 17.7 Å². The Morgan fingerprint density at radius 1 is 0.897 bits per heavy atom. The predicted octanol–water partition coefficient (Wildman–Crippen LogP) is 6.62. The Morgan fingerprint density at radius 2 is 1.55 bits per heavy atom. The lowest BCUT2D eigenvalue weighted by atomic mass is 10.0. The van der Waals surface area contributed by atoms with Crippen LogP contribution in [0.15, 0.2) is 67.0 Å². The van der Waals surface area contributed by atoms with Crippen LogP contribution >= 0.6 is 0 Å². The van der Waals surface area contributed by atoms with Crippen LogP contribution in [0.2, 0.25) is 0 Å². The maximum absolute atomic E-state index is 4.80. The number of aromatic nitrogens is 4. The number of benzene rings is 2. The number of nitrogens with zero attached hydrogens (tertiary/aromatic N) is 4. The van der Waals surface area contributed by atoms with E-state index in [1.54, 1.807) is 6.33 Å². The van der Waals surface area contributed by atoms with Gasteiger partial charge in [0.05, 0.1) is 5.69 Å². The molecule has 2 aromatic heterocycles. The predicted molar refractivity (Wildman–Crippen MR) is 121 cm³/mol. The first-order valence-corrected chi connectivity index (χ1v) is 10.5. The fourth-order valence-corrected chi connectivity index (χ4v) is 3.30. The van der Waals surface area contributed by atoms with Gasteiger partial charge in [-0.1, -0.05) is 88.6 Å². The molecule has 0 saturated carbocycles. The Balaban J connectivity index is 0.000000298. The highest BCUT2D eigenvalue weighted by atomic mass is 15.1. The summed E-state index contributed by atoms with van der Waals surface area (Å²) in [6.45, 7) is 8.76. The summed E-state index contributed by atoms with van der Waals surface area (Å²) in [7, 11) is 0. The number of imidazole rings is 1. The Morgan fingerprint density at radius 3 is 2.14 bits per heavy atom. The summed E-state index contributed by atoms with van der Waals surface area (Å²) in [4.78, 5) is 13.5. The van der Waals surface area contributed by atoms with Crippen molar-refractivity contribution in [2.24, 2.45) is 5.92 Å². The zero-order chi connectivity index (χ0) is 20.6. The number of rotatable bonds is 5. The zero-order valence-electron chi connectivity index (χ0n) is 17.8.